The third kappa shape index (κ3) is 4.22. The van der Waals surface area contributed by atoms with Gasteiger partial charge in [-0.05, 0) is 56.3 Å². The van der Waals surface area contributed by atoms with Gasteiger partial charge in [0, 0.05) is 13.1 Å². The standard InChI is InChI=1S/C17H27NO2/c1-13-6-5-9-18(10-13)11-16(19)12-20-17-8-4-7-14(2)15(17)3/h4,7-8,13,16,19H,5-6,9-12H2,1-3H3. The maximum Gasteiger partial charge on any atom is 0.122 e. The number of rotatable bonds is 5. The van der Waals surface area contributed by atoms with Crippen molar-refractivity contribution in [2.45, 2.75) is 39.7 Å². The molecule has 0 saturated carbocycles. The summed E-state index contributed by atoms with van der Waals surface area (Å²) in [4.78, 5) is 2.35. The number of nitrogens with zero attached hydrogens (tertiary/aromatic N) is 1. The van der Waals surface area contributed by atoms with E-state index in [-0.39, 0.29) is 0 Å². The molecule has 1 N–H and O–H groups in total. The number of ether oxygens (including phenoxy) is 1. The molecule has 0 amide bonds. The second-order valence-corrected chi connectivity index (χ2v) is 6.17. The number of aliphatic hydroxyl groups excluding tert-OH is 1. The Morgan fingerprint density at radius 3 is 2.95 bits per heavy atom. The van der Waals surface area contributed by atoms with Crippen LogP contribution in [0, 0.1) is 19.8 Å². The molecule has 0 spiro atoms. The van der Waals surface area contributed by atoms with Gasteiger partial charge in [-0.2, -0.15) is 0 Å². The maximum absolute atomic E-state index is 10.1. The van der Waals surface area contributed by atoms with Crippen LogP contribution in [0.25, 0.3) is 0 Å². The molecular formula is C17H27NO2. The molecule has 1 aromatic rings. The van der Waals surface area contributed by atoms with Crippen molar-refractivity contribution >= 4 is 0 Å². The number of piperidine rings is 1. The van der Waals surface area contributed by atoms with E-state index in [1.165, 1.54) is 18.4 Å². The average Bonchev–Trinajstić information content (AvgIpc) is 2.40. The number of hydrogen-bond acceptors (Lipinski definition) is 3. The Hall–Kier alpha value is -1.06. The van der Waals surface area contributed by atoms with Crippen LogP contribution in [-0.4, -0.2) is 42.4 Å². The normalized spacial score (nSPS) is 21.7. The minimum absolute atomic E-state index is 0.370. The summed E-state index contributed by atoms with van der Waals surface area (Å²) in [5, 5.41) is 10.1. The van der Waals surface area contributed by atoms with E-state index in [1.54, 1.807) is 0 Å². The Balaban J connectivity index is 1.80. The van der Waals surface area contributed by atoms with E-state index in [0.717, 1.165) is 36.9 Å². The number of aliphatic hydroxyl groups is 1. The van der Waals surface area contributed by atoms with Crippen LogP contribution in [0.4, 0.5) is 0 Å². The minimum Gasteiger partial charge on any atom is -0.491 e. The van der Waals surface area contributed by atoms with Gasteiger partial charge in [0.15, 0.2) is 0 Å². The summed E-state index contributed by atoms with van der Waals surface area (Å²) in [5.41, 5.74) is 2.38. The van der Waals surface area contributed by atoms with Crippen molar-refractivity contribution < 1.29 is 9.84 Å². The fourth-order valence-electron chi connectivity index (χ4n) is 2.87. The van der Waals surface area contributed by atoms with Crippen molar-refractivity contribution in [3.8, 4) is 5.75 Å². The largest absolute Gasteiger partial charge is 0.491 e. The van der Waals surface area contributed by atoms with Crippen LogP contribution >= 0.6 is 0 Å². The lowest BCUT2D eigenvalue weighted by Gasteiger charge is -2.32. The average molecular weight is 277 g/mol. The van der Waals surface area contributed by atoms with Crippen molar-refractivity contribution in [1.29, 1.82) is 0 Å². The highest BCUT2D eigenvalue weighted by Gasteiger charge is 2.19. The molecule has 3 heteroatoms. The van der Waals surface area contributed by atoms with Gasteiger partial charge in [0.2, 0.25) is 0 Å². The Bertz CT molecular complexity index is 433. The molecule has 1 aliphatic rings. The highest BCUT2D eigenvalue weighted by atomic mass is 16.5. The zero-order valence-corrected chi connectivity index (χ0v) is 12.9. The van der Waals surface area contributed by atoms with Crippen molar-refractivity contribution in [3.05, 3.63) is 29.3 Å². The smallest absolute Gasteiger partial charge is 0.122 e. The lowest BCUT2D eigenvalue weighted by atomic mass is 10.0. The topological polar surface area (TPSA) is 32.7 Å². The molecule has 20 heavy (non-hydrogen) atoms. The number of benzene rings is 1. The third-order valence-electron chi connectivity index (χ3n) is 4.20. The monoisotopic (exact) mass is 277 g/mol. The van der Waals surface area contributed by atoms with Crippen LogP contribution in [0.2, 0.25) is 0 Å². The zero-order chi connectivity index (χ0) is 14.5. The van der Waals surface area contributed by atoms with E-state index in [2.05, 4.69) is 31.7 Å². The number of aryl methyl sites for hydroxylation is 1. The summed E-state index contributed by atoms with van der Waals surface area (Å²) >= 11 is 0. The van der Waals surface area contributed by atoms with Gasteiger partial charge in [-0.25, -0.2) is 0 Å². The van der Waals surface area contributed by atoms with Gasteiger partial charge in [-0.3, -0.25) is 0 Å². The Morgan fingerprint density at radius 2 is 2.20 bits per heavy atom. The van der Waals surface area contributed by atoms with Crippen LogP contribution in [0.15, 0.2) is 18.2 Å². The minimum atomic E-state index is -0.416. The number of β-amino-alcohol motifs (C(OH)–C–C–N with tert-alkyl or cyclic N) is 1. The highest BCUT2D eigenvalue weighted by molar-refractivity contribution is 5.38. The second kappa shape index (κ2) is 7.09. The first kappa shape index (κ1) is 15.3. The molecule has 3 nitrogen and oxygen atoms in total. The van der Waals surface area contributed by atoms with Crippen LogP contribution in [0.1, 0.15) is 30.9 Å². The fraction of sp³-hybridized carbons (Fsp3) is 0.647. The van der Waals surface area contributed by atoms with Gasteiger partial charge in [0.05, 0.1) is 0 Å². The van der Waals surface area contributed by atoms with Gasteiger partial charge in [-0.15, -0.1) is 0 Å². The molecule has 1 aromatic carbocycles. The predicted molar refractivity (Wildman–Crippen MR) is 82.3 cm³/mol. The Labute approximate surface area is 122 Å². The lowest BCUT2D eigenvalue weighted by Crippen LogP contribution is -2.41. The molecule has 1 fully saturated rings. The van der Waals surface area contributed by atoms with E-state index in [0.29, 0.717) is 6.61 Å². The molecule has 2 unspecified atom stereocenters. The molecule has 1 saturated heterocycles. The summed E-state index contributed by atoms with van der Waals surface area (Å²) in [6.07, 6.45) is 2.14. The fourth-order valence-corrected chi connectivity index (χ4v) is 2.87. The molecule has 0 aliphatic carbocycles. The van der Waals surface area contributed by atoms with Gasteiger partial charge in [0.1, 0.15) is 18.5 Å². The number of likely N-dealkylation sites (tertiary alicyclic amines) is 1. The molecule has 0 radical (unpaired) electrons. The summed E-state index contributed by atoms with van der Waals surface area (Å²) in [7, 11) is 0. The highest BCUT2D eigenvalue weighted by Crippen LogP contribution is 2.21. The summed E-state index contributed by atoms with van der Waals surface area (Å²) in [6.45, 7) is 9.71. The van der Waals surface area contributed by atoms with E-state index in [1.807, 2.05) is 12.1 Å². The van der Waals surface area contributed by atoms with Crippen LogP contribution in [0.5, 0.6) is 5.75 Å². The van der Waals surface area contributed by atoms with E-state index in [4.69, 9.17) is 4.74 Å². The van der Waals surface area contributed by atoms with Crippen LogP contribution in [-0.2, 0) is 0 Å². The van der Waals surface area contributed by atoms with Crippen LogP contribution < -0.4 is 4.74 Å². The predicted octanol–water partition coefficient (Wildman–Crippen LogP) is 2.78. The summed E-state index contributed by atoms with van der Waals surface area (Å²) in [6, 6.07) is 6.04. The molecule has 0 bridgehead atoms. The summed E-state index contributed by atoms with van der Waals surface area (Å²) < 4.78 is 5.77. The first-order valence-corrected chi connectivity index (χ1v) is 7.65. The van der Waals surface area contributed by atoms with E-state index in [9.17, 15) is 5.11 Å². The molecule has 1 heterocycles. The van der Waals surface area contributed by atoms with Gasteiger partial charge in [-0.1, -0.05) is 19.1 Å². The third-order valence-corrected chi connectivity index (χ3v) is 4.20. The second-order valence-electron chi connectivity index (χ2n) is 6.17. The molecule has 1 aliphatic heterocycles. The lowest BCUT2D eigenvalue weighted by molar-refractivity contribution is 0.0535. The first-order valence-electron chi connectivity index (χ1n) is 7.65. The molecule has 2 atom stereocenters. The Kier molecular flexibility index (Phi) is 5.44. The van der Waals surface area contributed by atoms with Gasteiger partial charge in [0.25, 0.3) is 0 Å². The molecule has 0 aromatic heterocycles. The van der Waals surface area contributed by atoms with E-state index >= 15 is 0 Å². The van der Waals surface area contributed by atoms with Gasteiger partial charge >= 0.3 is 0 Å². The first-order chi connectivity index (χ1) is 9.56. The number of hydrogen-bond donors (Lipinski definition) is 1. The maximum atomic E-state index is 10.1. The van der Waals surface area contributed by atoms with Gasteiger partial charge < -0.3 is 14.7 Å². The Morgan fingerprint density at radius 1 is 1.40 bits per heavy atom. The van der Waals surface area contributed by atoms with E-state index < -0.39 is 6.10 Å². The van der Waals surface area contributed by atoms with Crippen molar-refractivity contribution in [2.75, 3.05) is 26.2 Å². The molecular weight excluding hydrogens is 250 g/mol. The zero-order valence-electron chi connectivity index (χ0n) is 12.9. The van der Waals surface area contributed by atoms with Crippen molar-refractivity contribution in [2.24, 2.45) is 5.92 Å². The quantitative estimate of drug-likeness (QED) is 0.898. The summed E-state index contributed by atoms with van der Waals surface area (Å²) in [5.74, 6) is 1.63. The molecule has 2 rings (SSSR count). The molecule has 112 valence electrons. The van der Waals surface area contributed by atoms with Crippen LogP contribution in [0.3, 0.4) is 0 Å². The van der Waals surface area contributed by atoms with Crippen molar-refractivity contribution in [3.63, 3.8) is 0 Å². The SMILES string of the molecule is Cc1cccc(OCC(O)CN2CCCC(C)C2)c1C. The van der Waals surface area contributed by atoms with Crippen molar-refractivity contribution in [1.82, 2.24) is 4.90 Å².